The van der Waals surface area contributed by atoms with E-state index in [1.807, 2.05) is 42.5 Å². The Morgan fingerprint density at radius 1 is 0.786 bits per heavy atom. The van der Waals surface area contributed by atoms with Crippen LogP contribution in [0.3, 0.4) is 0 Å². The lowest BCUT2D eigenvalue weighted by atomic mass is 10.0. The number of oxazole rings is 1. The van der Waals surface area contributed by atoms with Crippen molar-refractivity contribution in [3.8, 4) is 11.1 Å². The zero-order chi connectivity index (χ0) is 29.4. The van der Waals surface area contributed by atoms with E-state index < -0.39 is 29.3 Å². The maximum Gasteiger partial charge on any atom is 0.420 e. The topological polar surface area (TPSA) is 102 Å². The Kier molecular flexibility index (Phi) is 6.84. The van der Waals surface area contributed by atoms with Gasteiger partial charge in [-0.3, -0.25) is 9.36 Å². The summed E-state index contributed by atoms with van der Waals surface area (Å²) in [5, 5.41) is 13.9. The van der Waals surface area contributed by atoms with Crippen LogP contribution in [-0.2, 0) is 13.1 Å². The van der Waals surface area contributed by atoms with Crippen molar-refractivity contribution in [1.82, 2.24) is 9.88 Å². The Bertz CT molecular complexity index is 2040. The quantitative estimate of drug-likeness (QED) is 0.235. The molecule has 0 aliphatic heterocycles. The van der Waals surface area contributed by atoms with Crippen molar-refractivity contribution in [2.75, 3.05) is 0 Å². The molecular formula is C33H22F2N2O5. The van der Waals surface area contributed by atoms with Gasteiger partial charge in [0.05, 0.1) is 17.7 Å². The molecule has 0 atom stereocenters. The second kappa shape index (κ2) is 10.8. The third-order valence-electron chi connectivity index (χ3n) is 7.01. The normalized spacial score (nSPS) is 11.2. The fourth-order valence-electron chi connectivity index (χ4n) is 4.97. The summed E-state index contributed by atoms with van der Waals surface area (Å²) in [6, 6.07) is 25.5. The Labute approximate surface area is 237 Å². The summed E-state index contributed by atoms with van der Waals surface area (Å²) in [6.07, 6.45) is 0. The number of amides is 1. The smallest absolute Gasteiger partial charge is 0.420 e. The van der Waals surface area contributed by atoms with Gasteiger partial charge in [0.25, 0.3) is 5.91 Å². The minimum atomic E-state index is -1.07. The van der Waals surface area contributed by atoms with Gasteiger partial charge in [-0.15, -0.1) is 0 Å². The first-order valence-corrected chi connectivity index (χ1v) is 13.0. The number of carboxylic acid groups (broad SMARTS) is 1. The molecule has 6 rings (SSSR count). The van der Waals surface area contributed by atoms with E-state index in [2.05, 4.69) is 5.32 Å². The fourth-order valence-corrected chi connectivity index (χ4v) is 4.97. The van der Waals surface area contributed by atoms with Crippen molar-refractivity contribution in [3.05, 3.63) is 142 Å². The first-order valence-electron chi connectivity index (χ1n) is 13.0. The summed E-state index contributed by atoms with van der Waals surface area (Å²) in [4.78, 5) is 37.9. The van der Waals surface area contributed by atoms with Gasteiger partial charge in [0.2, 0.25) is 0 Å². The number of carbonyl (C=O) groups is 2. The predicted octanol–water partition coefficient (Wildman–Crippen LogP) is 6.37. The van der Waals surface area contributed by atoms with E-state index in [1.54, 1.807) is 12.1 Å². The van der Waals surface area contributed by atoms with Gasteiger partial charge in [-0.25, -0.2) is 18.4 Å². The number of hydrogen-bond acceptors (Lipinski definition) is 4. The highest BCUT2D eigenvalue weighted by molar-refractivity contribution is 6.06. The van der Waals surface area contributed by atoms with Crippen LogP contribution < -0.4 is 11.1 Å². The molecule has 0 aliphatic rings. The van der Waals surface area contributed by atoms with Crippen molar-refractivity contribution in [2.45, 2.75) is 13.1 Å². The maximum atomic E-state index is 14.1. The molecular weight excluding hydrogens is 542 g/mol. The summed E-state index contributed by atoms with van der Waals surface area (Å²) >= 11 is 0. The maximum absolute atomic E-state index is 14.1. The van der Waals surface area contributed by atoms with Crippen LogP contribution in [0.15, 0.2) is 106 Å². The van der Waals surface area contributed by atoms with Gasteiger partial charge >= 0.3 is 11.7 Å². The van der Waals surface area contributed by atoms with Crippen molar-refractivity contribution < 1.29 is 27.9 Å². The second-order valence-electron chi connectivity index (χ2n) is 9.85. The Hall–Kier alpha value is -5.57. The van der Waals surface area contributed by atoms with Gasteiger partial charge in [0.1, 0.15) is 17.2 Å². The number of fused-ring (bicyclic) bond motifs is 2. The van der Waals surface area contributed by atoms with E-state index in [0.717, 1.165) is 34.5 Å². The van der Waals surface area contributed by atoms with Crippen LogP contribution in [0.1, 0.15) is 31.8 Å². The molecule has 5 aromatic carbocycles. The van der Waals surface area contributed by atoms with Gasteiger partial charge in [-0.1, -0.05) is 48.5 Å². The van der Waals surface area contributed by atoms with Crippen LogP contribution in [0.4, 0.5) is 8.78 Å². The predicted molar refractivity (Wildman–Crippen MR) is 153 cm³/mol. The summed E-state index contributed by atoms with van der Waals surface area (Å²) in [7, 11) is 0. The van der Waals surface area contributed by atoms with Crippen LogP contribution in [-0.4, -0.2) is 21.6 Å². The number of nitrogens with one attached hydrogen (secondary N) is 1. The zero-order valence-corrected chi connectivity index (χ0v) is 21.9. The second-order valence-corrected chi connectivity index (χ2v) is 9.85. The van der Waals surface area contributed by atoms with Crippen molar-refractivity contribution >= 4 is 33.7 Å². The lowest BCUT2D eigenvalue weighted by Crippen LogP contribution is -2.24. The minimum Gasteiger partial charge on any atom is -0.478 e. The number of rotatable bonds is 7. The monoisotopic (exact) mass is 564 g/mol. The average molecular weight is 565 g/mol. The highest BCUT2D eigenvalue weighted by atomic mass is 19.1. The largest absolute Gasteiger partial charge is 0.478 e. The van der Waals surface area contributed by atoms with Crippen LogP contribution in [0.5, 0.6) is 0 Å². The summed E-state index contributed by atoms with van der Waals surface area (Å²) in [5.74, 6) is -3.91. The molecule has 1 aromatic heterocycles. The highest BCUT2D eigenvalue weighted by Gasteiger charge is 2.21. The number of nitrogens with zero attached hydrogens (tertiary/aromatic N) is 1. The average Bonchev–Trinajstić information content (AvgIpc) is 3.29. The molecule has 0 radical (unpaired) electrons. The molecule has 1 amide bonds. The lowest BCUT2D eigenvalue weighted by molar-refractivity contribution is 0.0696. The molecule has 0 fully saturated rings. The molecule has 0 spiro atoms. The molecule has 208 valence electrons. The fraction of sp³-hybridized carbons (Fsp3) is 0.0606. The van der Waals surface area contributed by atoms with Gasteiger partial charge in [0, 0.05) is 12.6 Å². The molecule has 2 N–H and O–H groups in total. The van der Waals surface area contributed by atoms with Gasteiger partial charge < -0.3 is 14.8 Å². The molecule has 9 heteroatoms. The number of hydrogen-bond donors (Lipinski definition) is 2. The van der Waals surface area contributed by atoms with Crippen molar-refractivity contribution in [1.29, 1.82) is 0 Å². The molecule has 1 heterocycles. The van der Waals surface area contributed by atoms with Crippen LogP contribution >= 0.6 is 0 Å². The molecule has 42 heavy (non-hydrogen) atoms. The zero-order valence-electron chi connectivity index (χ0n) is 21.9. The number of aromatic nitrogens is 1. The minimum absolute atomic E-state index is 0.0613. The standard InChI is InChI=1S/C33H22F2N2O5/c34-26-12-24(13-27(35)16-26)25-14-28(31(38)36-17-19-5-9-22(10-6-19)32(39)40)30-29(15-25)42-33(41)37(30)18-20-7-8-21-3-1-2-4-23(21)11-20/h1-16H,17-18H2,(H,36,38)(H,39,40). The Morgan fingerprint density at radius 3 is 2.17 bits per heavy atom. The number of halogens is 2. The molecule has 0 aliphatic carbocycles. The summed E-state index contributed by atoms with van der Waals surface area (Å²) < 4.78 is 35.0. The van der Waals surface area contributed by atoms with Crippen LogP contribution in [0, 0.1) is 11.6 Å². The van der Waals surface area contributed by atoms with Crippen molar-refractivity contribution in [3.63, 3.8) is 0 Å². The molecule has 0 unspecified atom stereocenters. The van der Waals surface area contributed by atoms with Crippen LogP contribution in [0.25, 0.3) is 33.0 Å². The first-order chi connectivity index (χ1) is 20.2. The molecule has 7 nitrogen and oxygen atoms in total. The van der Waals surface area contributed by atoms with Crippen molar-refractivity contribution in [2.24, 2.45) is 0 Å². The highest BCUT2D eigenvalue weighted by Crippen LogP contribution is 2.30. The number of carboxylic acids is 1. The summed E-state index contributed by atoms with van der Waals surface area (Å²) in [5.41, 5.74) is 2.39. The van der Waals surface area contributed by atoms with E-state index in [-0.39, 0.29) is 46.4 Å². The lowest BCUT2D eigenvalue weighted by Gasteiger charge is -2.12. The number of carbonyl (C=O) groups excluding carboxylic acids is 1. The van der Waals surface area contributed by atoms with E-state index in [0.29, 0.717) is 5.56 Å². The molecule has 0 bridgehead atoms. The third kappa shape index (κ3) is 5.27. The Morgan fingerprint density at radius 2 is 1.45 bits per heavy atom. The molecule has 6 aromatic rings. The van der Waals surface area contributed by atoms with Gasteiger partial charge in [-0.2, -0.15) is 0 Å². The van der Waals surface area contributed by atoms with Gasteiger partial charge in [0.15, 0.2) is 5.58 Å². The van der Waals surface area contributed by atoms with E-state index >= 15 is 0 Å². The van der Waals surface area contributed by atoms with E-state index in [9.17, 15) is 23.2 Å². The number of aromatic carboxylic acids is 1. The van der Waals surface area contributed by atoms with E-state index in [4.69, 9.17) is 9.52 Å². The summed E-state index contributed by atoms with van der Waals surface area (Å²) in [6.45, 7) is 0.174. The molecule has 0 saturated carbocycles. The SMILES string of the molecule is O=C(O)c1ccc(CNC(=O)c2cc(-c3cc(F)cc(F)c3)cc3oc(=O)n(Cc4ccc5ccccc5c4)c23)cc1. The molecule has 0 saturated heterocycles. The first kappa shape index (κ1) is 26.6. The number of benzene rings is 5. The van der Waals surface area contributed by atoms with Gasteiger partial charge in [-0.05, 0) is 75.5 Å². The third-order valence-corrected chi connectivity index (χ3v) is 7.01. The van der Waals surface area contributed by atoms with E-state index in [1.165, 1.54) is 28.8 Å². The van der Waals surface area contributed by atoms with Crippen LogP contribution in [0.2, 0.25) is 0 Å². The Balaban J connectivity index is 1.43.